The minimum Gasteiger partial charge on any atom is -0.316 e. The Morgan fingerprint density at radius 2 is 2.00 bits per heavy atom. The predicted molar refractivity (Wildman–Crippen MR) is 38.7 cm³/mol. The summed E-state index contributed by atoms with van der Waals surface area (Å²) in [4.78, 5) is 0. The first kappa shape index (κ1) is 8.35. The number of alkyl halides is 3. The highest BCUT2D eigenvalue weighted by atomic mass is 19.4. The maximum Gasteiger partial charge on any atom is 0.392 e. The van der Waals surface area contributed by atoms with Gasteiger partial charge in [-0.25, -0.2) is 0 Å². The number of nitrogens with one attached hydrogen (secondary N) is 1. The van der Waals surface area contributed by atoms with Gasteiger partial charge < -0.3 is 5.32 Å². The minimum atomic E-state index is -3.97. The van der Waals surface area contributed by atoms with Crippen LogP contribution in [0.2, 0.25) is 0 Å². The molecule has 0 radical (unpaired) electrons. The maximum absolute atomic E-state index is 12.4. The molecule has 1 spiro atoms. The van der Waals surface area contributed by atoms with Gasteiger partial charge in [0.25, 0.3) is 0 Å². The second-order valence-electron chi connectivity index (χ2n) is 3.92. The summed E-state index contributed by atoms with van der Waals surface area (Å²) >= 11 is 0. The Labute approximate surface area is 69.3 Å². The molecule has 1 N–H and O–H groups in total. The van der Waals surface area contributed by atoms with Crippen molar-refractivity contribution in [2.24, 2.45) is 11.3 Å². The molecule has 0 aromatic carbocycles. The van der Waals surface area contributed by atoms with Crippen LogP contribution < -0.4 is 5.32 Å². The van der Waals surface area contributed by atoms with E-state index in [1.165, 1.54) is 0 Å². The molecule has 2 aliphatic rings. The van der Waals surface area contributed by atoms with Gasteiger partial charge in [-0.15, -0.1) is 0 Å². The average molecular weight is 179 g/mol. The standard InChI is InChI=1S/C8H12F3N/c9-8(10,11)6-1-2-7(6)3-4-12-5-7/h6,12H,1-5H2. The minimum absolute atomic E-state index is 0.338. The lowest BCUT2D eigenvalue weighted by Gasteiger charge is -2.47. The summed E-state index contributed by atoms with van der Waals surface area (Å²) in [6.45, 7) is 1.32. The second kappa shape index (κ2) is 2.37. The van der Waals surface area contributed by atoms with Crippen LogP contribution in [0.3, 0.4) is 0 Å². The molecule has 1 aliphatic carbocycles. The summed E-state index contributed by atoms with van der Waals surface area (Å²) in [6, 6.07) is 0. The Balaban J connectivity index is 2.09. The molecule has 1 saturated heterocycles. The van der Waals surface area contributed by atoms with Crippen LogP contribution in [0.25, 0.3) is 0 Å². The molecule has 1 aliphatic heterocycles. The van der Waals surface area contributed by atoms with Crippen molar-refractivity contribution < 1.29 is 13.2 Å². The smallest absolute Gasteiger partial charge is 0.316 e. The molecule has 0 amide bonds. The van der Waals surface area contributed by atoms with E-state index in [1.54, 1.807) is 0 Å². The summed E-state index contributed by atoms with van der Waals surface area (Å²) in [6.07, 6.45) is -2.17. The molecule has 0 aromatic heterocycles. The Hall–Kier alpha value is -0.250. The summed E-state index contributed by atoms with van der Waals surface area (Å²) in [5, 5.41) is 3.02. The van der Waals surface area contributed by atoms with Gasteiger partial charge in [0, 0.05) is 6.54 Å². The van der Waals surface area contributed by atoms with E-state index in [4.69, 9.17) is 0 Å². The fraction of sp³-hybridized carbons (Fsp3) is 1.00. The van der Waals surface area contributed by atoms with E-state index in [0.717, 1.165) is 13.0 Å². The van der Waals surface area contributed by atoms with Crippen LogP contribution in [0.5, 0.6) is 0 Å². The molecule has 4 heteroatoms. The molecule has 2 rings (SSSR count). The van der Waals surface area contributed by atoms with Gasteiger partial charge >= 0.3 is 6.18 Å². The van der Waals surface area contributed by atoms with Gasteiger partial charge in [0.2, 0.25) is 0 Å². The van der Waals surface area contributed by atoms with Gasteiger partial charge in [0.15, 0.2) is 0 Å². The van der Waals surface area contributed by atoms with Crippen molar-refractivity contribution in [3.8, 4) is 0 Å². The third-order valence-electron chi connectivity index (χ3n) is 3.34. The molecule has 70 valence electrons. The molecule has 2 atom stereocenters. The topological polar surface area (TPSA) is 12.0 Å². The van der Waals surface area contributed by atoms with E-state index in [9.17, 15) is 13.2 Å². The predicted octanol–water partition coefficient (Wildman–Crippen LogP) is 1.94. The summed E-state index contributed by atoms with van der Waals surface area (Å²) < 4.78 is 37.1. The highest BCUT2D eigenvalue weighted by Gasteiger charge is 2.59. The zero-order chi connectivity index (χ0) is 8.82. The van der Waals surface area contributed by atoms with Gasteiger partial charge in [0.1, 0.15) is 0 Å². The van der Waals surface area contributed by atoms with Gasteiger partial charge in [0.05, 0.1) is 5.92 Å². The Morgan fingerprint density at radius 1 is 1.25 bits per heavy atom. The van der Waals surface area contributed by atoms with Gasteiger partial charge in [-0.05, 0) is 31.2 Å². The largest absolute Gasteiger partial charge is 0.392 e. The Bertz CT molecular complexity index is 181. The van der Waals surface area contributed by atoms with E-state index in [2.05, 4.69) is 5.32 Å². The first-order chi connectivity index (χ1) is 5.55. The van der Waals surface area contributed by atoms with Crippen molar-refractivity contribution in [1.29, 1.82) is 0 Å². The Kier molecular flexibility index (Phi) is 1.65. The van der Waals surface area contributed by atoms with Crippen LogP contribution in [0.15, 0.2) is 0 Å². The maximum atomic E-state index is 12.4. The number of hydrogen-bond donors (Lipinski definition) is 1. The molecule has 0 aromatic rings. The van der Waals surface area contributed by atoms with Crippen LogP contribution in [0.1, 0.15) is 19.3 Å². The molecule has 1 nitrogen and oxygen atoms in total. The van der Waals surface area contributed by atoms with Crippen molar-refractivity contribution in [3.05, 3.63) is 0 Å². The lowest BCUT2D eigenvalue weighted by Crippen LogP contribution is -2.49. The van der Waals surface area contributed by atoms with Gasteiger partial charge in [-0.2, -0.15) is 13.2 Å². The molecular formula is C8H12F3N. The monoisotopic (exact) mass is 179 g/mol. The van der Waals surface area contributed by atoms with Crippen LogP contribution >= 0.6 is 0 Å². The highest BCUT2D eigenvalue weighted by Crippen LogP contribution is 2.57. The molecule has 12 heavy (non-hydrogen) atoms. The normalized spacial score (nSPS) is 41.8. The first-order valence-corrected chi connectivity index (χ1v) is 4.32. The summed E-state index contributed by atoms with van der Waals surface area (Å²) in [5.41, 5.74) is -0.418. The van der Waals surface area contributed by atoms with E-state index in [0.29, 0.717) is 19.4 Å². The number of rotatable bonds is 0. The third kappa shape index (κ3) is 1.04. The quantitative estimate of drug-likeness (QED) is 0.599. The van der Waals surface area contributed by atoms with Gasteiger partial charge in [-0.1, -0.05) is 0 Å². The van der Waals surface area contributed by atoms with Crippen LogP contribution in [0.4, 0.5) is 13.2 Å². The van der Waals surface area contributed by atoms with Crippen LogP contribution in [-0.2, 0) is 0 Å². The van der Waals surface area contributed by atoms with E-state index >= 15 is 0 Å². The van der Waals surface area contributed by atoms with Crippen molar-refractivity contribution in [1.82, 2.24) is 5.32 Å². The molecule has 1 heterocycles. The molecule has 2 fully saturated rings. The van der Waals surface area contributed by atoms with Gasteiger partial charge in [-0.3, -0.25) is 0 Å². The molecular weight excluding hydrogens is 167 g/mol. The number of hydrogen-bond acceptors (Lipinski definition) is 1. The molecule has 2 unspecified atom stereocenters. The zero-order valence-corrected chi connectivity index (χ0v) is 6.75. The van der Waals surface area contributed by atoms with Crippen molar-refractivity contribution >= 4 is 0 Å². The second-order valence-corrected chi connectivity index (χ2v) is 3.92. The summed E-state index contributed by atoms with van der Waals surface area (Å²) in [5.74, 6) is -1.03. The fourth-order valence-electron chi connectivity index (χ4n) is 2.48. The SMILES string of the molecule is FC(F)(F)C1CCC12CCNC2. The van der Waals surface area contributed by atoms with Crippen molar-refractivity contribution in [2.75, 3.05) is 13.1 Å². The first-order valence-electron chi connectivity index (χ1n) is 4.32. The lowest BCUT2D eigenvalue weighted by molar-refractivity contribution is -0.236. The van der Waals surface area contributed by atoms with Crippen LogP contribution in [0, 0.1) is 11.3 Å². The highest BCUT2D eigenvalue weighted by molar-refractivity contribution is 5.03. The molecule has 0 bridgehead atoms. The Morgan fingerprint density at radius 3 is 2.33 bits per heavy atom. The van der Waals surface area contributed by atoms with E-state index in [1.807, 2.05) is 0 Å². The van der Waals surface area contributed by atoms with E-state index in [-0.39, 0.29) is 0 Å². The molecule has 1 saturated carbocycles. The lowest BCUT2D eigenvalue weighted by atomic mass is 9.59. The number of halogens is 3. The summed E-state index contributed by atoms with van der Waals surface area (Å²) in [7, 11) is 0. The van der Waals surface area contributed by atoms with Crippen molar-refractivity contribution in [3.63, 3.8) is 0 Å². The van der Waals surface area contributed by atoms with E-state index < -0.39 is 17.5 Å². The average Bonchev–Trinajstić information content (AvgIpc) is 2.28. The van der Waals surface area contributed by atoms with Crippen LogP contribution in [-0.4, -0.2) is 19.3 Å². The van der Waals surface area contributed by atoms with Crippen molar-refractivity contribution in [2.45, 2.75) is 25.4 Å². The third-order valence-corrected chi connectivity index (χ3v) is 3.34. The zero-order valence-electron chi connectivity index (χ0n) is 6.75. The fourth-order valence-corrected chi connectivity index (χ4v) is 2.48.